The molecule has 0 fully saturated rings. The minimum atomic E-state index is -4.80. The first-order valence-corrected chi connectivity index (χ1v) is 9.89. The molecule has 2 aromatic rings. The van der Waals surface area contributed by atoms with E-state index in [4.69, 9.17) is 16.3 Å². The Morgan fingerprint density at radius 2 is 1.93 bits per heavy atom. The molecule has 1 heterocycles. The van der Waals surface area contributed by atoms with E-state index < -0.39 is 18.6 Å². The molecule has 0 aromatic heterocycles. The number of anilines is 1. The molecule has 1 amide bonds. The number of carbonyl (C=O) groups excluding carboxylic acids is 1. The van der Waals surface area contributed by atoms with Crippen molar-refractivity contribution in [2.45, 2.75) is 38.9 Å². The van der Waals surface area contributed by atoms with Gasteiger partial charge in [0.2, 0.25) is 5.91 Å². The van der Waals surface area contributed by atoms with Gasteiger partial charge in [-0.25, -0.2) is 0 Å². The lowest BCUT2D eigenvalue weighted by Crippen LogP contribution is -2.44. The zero-order valence-electron chi connectivity index (χ0n) is 16.5. The van der Waals surface area contributed by atoms with Crippen molar-refractivity contribution in [2.24, 2.45) is 0 Å². The predicted octanol–water partition coefficient (Wildman–Crippen LogP) is 4.84. The van der Waals surface area contributed by atoms with Gasteiger partial charge >= 0.3 is 6.36 Å². The van der Waals surface area contributed by atoms with E-state index in [2.05, 4.69) is 10.1 Å². The van der Waals surface area contributed by atoms with Gasteiger partial charge in [-0.2, -0.15) is 0 Å². The molecular weight excluding hydrogens is 421 g/mol. The molecule has 0 saturated carbocycles. The van der Waals surface area contributed by atoms with Crippen LogP contribution in [-0.4, -0.2) is 31.6 Å². The molecule has 162 valence electrons. The normalized spacial score (nSPS) is 15.6. The number of nitrogens with one attached hydrogen (secondary N) is 1. The zero-order chi connectivity index (χ0) is 21.9. The number of carbonyl (C=O) groups is 1. The maximum Gasteiger partial charge on any atom is 0.573 e. The van der Waals surface area contributed by atoms with Crippen molar-refractivity contribution >= 4 is 23.2 Å². The van der Waals surface area contributed by atoms with Gasteiger partial charge in [-0.3, -0.25) is 10.1 Å². The second kappa shape index (κ2) is 9.24. The van der Waals surface area contributed by atoms with Crippen LogP contribution in [0.1, 0.15) is 31.0 Å². The lowest BCUT2D eigenvalue weighted by molar-refractivity contribution is -0.274. The van der Waals surface area contributed by atoms with Gasteiger partial charge in [0, 0.05) is 24.2 Å². The molecule has 2 atom stereocenters. The molecule has 1 aliphatic rings. The second-order valence-corrected chi connectivity index (χ2v) is 7.26. The van der Waals surface area contributed by atoms with E-state index in [1.54, 1.807) is 37.3 Å². The Balaban J connectivity index is 1.90. The number of fused-ring (bicyclic) bond motifs is 1. The first-order valence-electron chi connectivity index (χ1n) is 9.51. The Morgan fingerprint density at radius 1 is 1.23 bits per heavy atom. The van der Waals surface area contributed by atoms with Gasteiger partial charge in [0.1, 0.15) is 18.0 Å². The zero-order valence-corrected chi connectivity index (χ0v) is 17.3. The third-order valence-corrected chi connectivity index (χ3v) is 4.97. The minimum Gasteiger partial charge on any atom is -0.406 e. The summed E-state index contributed by atoms with van der Waals surface area (Å²) in [5.41, 5.74) is 1.87. The van der Waals surface area contributed by atoms with E-state index >= 15 is 0 Å². The van der Waals surface area contributed by atoms with Crippen LogP contribution in [0.4, 0.5) is 18.9 Å². The fraction of sp³-hybridized carbons (Fsp3) is 0.381. The maximum absolute atomic E-state index is 13.4. The molecule has 0 spiro atoms. The van der Waals surface area contributed by atoms with Crippen molar-refractivity contribution in [3.05, 3.63) is 58.6 Å². The number of ether oxygens (including phenoxy) is 2. The molecule has 0 radical (unpaired) electrons. The van der Waals surface area contributed by atoms with E-state index in [0.29, 0.717) is 35.8 Å². The fourth-order valence-corrected chi connectivity index (χ4v) is 3.57. The Morgan fingerprint density at radius 3 is 2.57 bits per heavy atom. The fourth-order valence-electron chi connectivity index (χ4n) is 3.44. The predicted molar refractivity (Wildman–Crippen MR) is 108 cm³/mol. The van der Waals surface area contributed by atoms with Gasteiger partial charge in [-0.1, -0.05) is 29.8 Å². The number of alkyl halides is 3. The Hall–Kier alpha value is -2.29. The molecule has 0 saturated heterocycles. The minimum absolute atomic E-state index is 0.299. The first-order chi connectivity index (χ1) is 14.2. The van der Waals surface area contributed by atoms with Gasteiger partial charge in [-0.15, -0.1) is 13.2 Å². The van der Waals surface area contributed by atoms with E-state index in [-0.39, 0.29) is 11.7 Å². The lowest BCUT2D eigenvalue weighted by atomic mass is 10.0. The number of hydrogen-bond acceptors (Lipinski definition) is 4. The lowest BCUT2D eigenvalue weighted by Gasteiger charge is -2.28. The van der Waals surface area contributed by atoms with Crippen LogP contribution < -0.4 is 15.0 Å². The topological polar surface area (TPSA) is 50.8 Å². The quantitative estimate of drug-likeness (QED) is 0.623. The average Bonchev–Trinajstić information content (AvgIpc) is 3.08. The monoisotopic (exact) mass is 442 g/mol. The highest BCUT2D eigenvalue weighted by Gasteiger charge is 2.34. The van der Waals surface area contributed by atoms with Crippen molar-refractivity contribution in [1.29, 1.82) is 0 Å². The Labute approximate surface area is 177 Å². The van der Waals surface area contributed by atoms with Crippen molar-refractivity contribution < 1.29 is 27.4 Å². The van der Waals surface area contributed by atoms with Crippen LogP contribution in [0.5, 0.6) is 5.75 Å². The molecule has 9 heteroatoms. The van der Waals surface area contributed by atoms with Crippen LogP contribution in [-0.2, 0) is 16.0 Å². The van der Waals surface area contributed by atoms with Crippen LogP contribution in [0.15, 0.2) is 42.5 Å². The number of rotatable bonds is 7. The summed E-state index contributed by atoms with van der Waals surface area (Å²) in [5.74, 6) is -0.661. The average molecular weight is 443 g/mol. The third kappa shape index (κ3) is 5.44. The van der Waals surface area contributed by atoms with Crippen LogP contribution in [0, 0.1) is 0 Å². The summed E-state index contributed by atoms with van der Waals surface area (Å²) in [6.07, 6.45) is -4.68. The molecule has 0 bridgehead atoms. The molecule has 2 aromatic carbocycles. The molecule has 5 nitrogen and oxygen atoms in total. The highest BCUT2D eigenvalue weighted by Crippen LogP contribution is 2.35. The molecule has 0 aliphatic carbocycles. The first kappa shape index (κ1) is 22.4. The maximum atomic E-state index is 13.4. The van der Waals surface area contributed by atoms with Gasteiger partial charge in [0.25, 0.3) is 0 Å². The largest absolute Gasteiger partial charge is 0.573 e. The number of halogens is 4. The van der Waals surface area contributed by atoms with E-state index in [0.717, 1.165) is 5.56 Å². The Kier molecular flexibility index (Phi) is 6.90. The van der Waals surface area contributed by atoms with E-state index in [1.807, 2.05) is 6.92 Å². The number of nitrogens with zero attached hydrogens (tertiary/aromatic N) is 1. The van der Waals surface area contributed by atoms with Crippen LogP contribution in [0.3, 0.4) is 0 Å². The van der Waals surface area contributed by atoms with Crippen molar-refractivity contribution in [1.82, 2.24) is 5.32 Å². The molecular formula is C21H22ClF3N2O3. The van der Waals surface area contributed by atoms with Gasteiger partial charge in [0.05, 0.1) is 5.69 Å². The van der Waals surface area contributed by atoms with Crippen LogP contribution in [0.2, 0.25) is 5.02 Å². The Bertz CT molecular complexity index is 890. The summed E-state index contributed by atoms with van der Waals surface area (Å²) in [7, 11) is 0. The summed E-state index contributed by atoms with van der Waals surface area (Å²) >= 11 is 5.97. The van der Waals surface area contributed by atoms with Crippen molar-refractivity contribution in [3.63, 3.8) is 0 Å². The number of amides is 1. The van der Waals surface area contributed by atoms with Gasteiger partial charge < -0.3 is 14.4 Å². The third-order valence-electron chi connectivity index (χ3n) is 4.72. The summed E-state index contributed by atoms with van der Waals surface area (Å²) in [4.78, 5) is 14.9. The van der Waals surface area contributed by atoms with E-state index in [1.165, 1.54) is 17.0 Å². The number of benzene rings is 2. The van der Waals surface area contributed by atoms with Crippen molar-refractivity contribution in [3.8, 4) is 5.75 Å². The highest BCUT2D eigenvalue weighted by atomic mass is 35.5. The van der Waals surface area contributed by atoms with Crippen LogP contribution in [0.25, 0.3) is 0 Å². The molecule has 1 aliphatic heterocycles. The van der Waals surface area contributed by atoms with Crippen molar-refractivity contribution in [2.75, 3.05) is 18.1 Å². The summed E-state index contributed by atoms with van der Waals surface area (Å²) < 4.78 is 47.4. The molecule has 30 heavy (non-hydrogen) atoms. The number of hydrogen-bond donors (Lipinski definition) is 1. The van der Waals surface area contributed by atoms with E-state index in [9.17, 15) is 18.0 Å². The summed E-state index contributed by atoms with van der Waals surface area (Å²) in [6.45, 7) is 4.45. The molecule has 3 rings (SSSR count). The van der Waals surface area contributed by atoms with Gasteiger partial charge in [-0.05, 0) is 49.6 Å². The molecule has 1 N–H and O–H groups in total. The SMILES string of the molecule is CCOC(C)NC(C(=O)N1CCc2ccc(OC(F)(F)F)cc21)c1ccc(Cl)cc1. The van der Waals surface area contributed by atoms with Crippen LogP contribution >= 0.6 is 11.6 Å². The van der Waals surface area contributed by atoms with Gasteiger partial charge in [0.15, 0.2) is 0 Å². The molecule has 2 unspecified atom stereocenters. The second-order valence-electron chi connectivity index (χ2n) is 6.83. The summed E-state index contributed by atoms with van der Waals surface area (Å²) in [5, 5.41) is 3.68. The summed E-state index contributed by atoms with van der Waals surface area (Å²) in [6, 6.07) is 10.1. The highest BCUT2D eigenvalue weighted by molar-refractivity contribution is 6.30. The smallest absolute Gasteiger partial charge is 0.406 e. The standard InChI is InChI=1S/C21H22ClF3N2O3/c1-3-29-13(2)26-19(15-4-7-16(22)8-5-15)20(28)27-11-10-14-6-9-17(12-18(14)27)30-21(23,24)25/h4-9,12-13,19,26H,3,10-11H2,1-2H3.